The van der Waals surface area contributed by atoms with E-state index in [0.717, 1.165) is 16.9 Å². The van der Waals surface area contributed by atoms with E-state index in [0.29, 0.717) is 15.7 Å². The Hall–Kier alpha value is -2.18. The topological polar surface area (TPSA) is 56.5 Å². The second kappa shape index (κ2) is 7.60. The zero-order valence-corrected chi connectivity index (χ0v) is 15.5. The fourth-order valence-electron chi connectivity index (χ4n) is 2.73. The van der Waals surface area contributed by atoms with Crippen LogP contribution in [-0.4, -0.2) is 29.9 Å². The van der Waals surface area contributed by atoms with Gasteiger partial charge in [-0.3, -0.25) is 4.79 Å². The third kappa shape index (κ3) is 3.66. The Balaban J connectivity index is 1.37. The third-order valence-electron chi connectivity index (χ3n) is 4.08. The first-order valence-corrected chi connectivity index (χ1v) is 10.3. The van der Waals surface area contributed by atoms with E-state index in [2.05, 4.69) is 0 Å². The van der Waals surface area contributed by atoms with E-state index in [4.69, 9.17) is 9.15 Å². The van der Waals surface area contributed by atoms with E-state index in [1.807, 2.05) is 53.9 Å². The normalized spacial score (nSPS) is 14.6. The Labute approximate surface area is 159 Å². The summed E-state index contributed by atoms with van der Waals surface area (Å²) in [7, 11) is 0. The van der Waals surface area contributed by atoms with Gasteiger partial charge >= 0.3 is 5.97 Å². The van der Waals surface area contributed by atoms with Crippen LogP contribution in [0, 0.1) is 0 Å². The molecule has 0 aliphatic carbocycles. The fraction of sp³-hybridized carbons (Fsp3) is 0.200. The van der Waals surface area contributed by atoms with E-state index in [1.165, 1.54) is 5.56 Å². The number of rotatable bonds is 5. The first kappa shape index (κ1) is 17.2. The summed E-state index contributed by atoms with van der Waals surface area (Å²) in [5, 5.41) is 0.848. The van der Waals surface area contributed by atoms with Crippen molar-refractivity contribution >= 4 is 46.2 Å². The number of furan rings is 1. The molecule has 2 heterocycles. The molecule has 0 N–H and O–H groups in total. The van der Waals surface area contributed by atoms with Crippen LogP contribution < -0.4 is 0 Å². The zero-order chi connectivity index (χ0) is 17.9. The molecule has 0 amide bonds. The van der Waals surface area contributed by atoms with Crippen LogP contribution in [0.25, 0.3) is 11.0 Å². The van der Waals surface area contributed by atoms with Crippen LogP contribution in [0.2, 0.25) is 0 Å². The first-order valence-electron chi connectivity index (χ1n) is 8.23. The number of esters is 1. The van der Waals surface area contributed by atoms with Gasteiger partial charge in [-0.15, -0.1) is 23.5 Å². The van der Waals surface area contributed by atoms with Crippen LogP contribution in [0.3, 0.4) is 0 Å². The summed E-state index contributed by atoms with van der Waals surface area (Å²) < 4.78 is 11.1. The van der Waals surface area contributed by atoms with Crippen molar-refractivity contribution in [3.63, 3.8) is 0 Å². The molecule has 2 aromatic carbocycles. The summed E-state index contributed by atoms with van der Waals surface area (Å²) in [6.07, 6.45) is 0. The average molecular weight is 384 g/mol. The highest BCUT2D eigenvalue weighted by atomic mass is 32.2. The SMILES string of the molecule is O=C(OCC(=O)c1cc2ccccc2o1)c1ccc(C2SCCS2)cc1. The van der Waals surface area contributed by atoms with Crippen molar-refractivity contribution in [3.8, 4) is 0 Å². The average Bonchev–Trinajstić information content (AvgIpc) is 3.35. The molecule has 0 atom stereocenters. The van der Waals surface area contributed by atoms with Crippen molar-refractivity contribution in [2.24, 2.45) is 0 Å². The summed E-state index contributed by atoms with van der Waals surface area (Å²) in [4.78, 5) is 24.4. The highest BCUT2D eigenvalue weighted by Gasteiger charge is 2.19. The van der Waals surface area contributed by atoms with Gasteiger partial charge in [0.1, 0.15) is 5.58 Å². The first-order chi connectivity index (χ1) is 12.7. The largest absolute Gasteiger partial charge is 0.454 e. The molecular formula is C20H16O4S2. The summed E-state index contributed by atoms with van der Waals surface area (Å²) in [6, 6.07) is 16.4. The number of benzene rings is 2. The molecule has 1 aromatic heterocycles. The molecule has 3 aromatic rings. The molecule has 1 saturated heterocycles. The maximum absolute atomic E-state index is 12.2. The Morgan fingerprint density at radius 2 is 1.77 bits per heavy atom. The number of fused-ring (bicyclic) bond motifs is 1. The molecule has 6 heteroatoms. The van der Waals surface area contributed by atoms with Gasteiger partial charge in [-0.25, -0.2) is 4.79 Å². The molecule has 4 rings (SSSR count). The number of Topliss-reactive ketones (excluding diaryl/α,β-unsaturated/α-hetero) is 1. The standard InChI is InChI=1S/C20H16O4S2/c21-16(18-11-15-3-1-2-4-17(15)24-18)12-23-19(22)13-5-7-14(8-6-13)20-25-9-10-26-20/h1-8,11,20H,9-10,12H2. The van der Waals surface area contributed by atoms with Crippen molar-refractivity contribution < 1.29 is 18.7 Å². The lowest BCUT2D eigenvalue weighted by Crippen LogP contribution is -2.13. The predicted molar refractivity (Wildman–Crippen MR) is 105 cm³/mol. The van der Waals surface area contributed by atoms with Crippen molar-refractivity contribution in [2.45, 2.75) is 4.58 Å². The maximum Gasteiger partial charge on any atom is 0.338 e. The summed E-state index contributed by atoms with van der Waals surface area (Å²) in [5.41, 5.74) is 2.28. The number of ether oxygens (including phenoxy) is 1. The lowest BCUT2D eigenvalue weighted by atomic mass is 10.1. The van der Waals surface area contributed by atoms with Crippen molar-refractivity contribution in [1.82, 2.24) is 0 Å². The number of hydrogen-bond donors (Lipinski definition) is 0. The number of thioether (sulfide) groups is 2. The van der Waals surface area contributed by atoms with Crippen LogP contribution >= 0.6 is 23.5 Å². The minimum atomic E-state index is -0.507. The van der Waals surface area contributed by atoms with Gasteiger partial charge in [-0.1, -0.05) is 30.3 Å². The smallest absolute Gasteiger partial charge is 0.338 e. The molecule has 4 nitrogen and oxygen atoms in total. The molecule has 0 unspecified atom stereocenters. The van der Waals surface area contributed by atoms with Crippen molar-refractivity contribution in [2.75, 3.05) is 18.1 Å². The molecule has 0 bridgehead atoms. The number of hydrogen-bond acceptors (Lipinski definition) is 6. The Kier molecular flexibility index (Phi) is 5.04. The minimum absolute atomic E-state index is 0.199. The van der Waals surface area contributed by atoms with Crippen molar-refractivity contribution in [3.05, 3.63) is 71.5 Å². The Bertz CT molecular complexity index is 907. The van der Waals surface area contributed by atoms with Gasteiger partial charge in [-0.2, -0.15) is 0 Å². The molecule has 0 radical (unpaired) electrons. The van der Waals surface area contributed by atoms with Gasteiger partial charge in [0.05, 0.1) is 10.1 Å². The van der Waals surface area contributed by atoms with Crippen molar-refractivity contribution in [1.29, 1.82) is 0 Å². The van der Waals surface area contributed by atoms with E-state index < -0.39 is 5.97 Å². The Morgan fingerprint density at radius 1 is 1.04 bits per heavy atom. The van der Waals surface area contributed by atoms with Gasteiger partial charge in [0.15, 0.2) is 12.4 Å². The van der Waals surface area contributed by atoms with Crippen LogP contribution in [0.15, 0.2) is 59.0 Å². The van der Waals surface area contributed by atoms with Gasteiger partial charge < -0.3 is 9.15 Å². The van der Waals surface area contributed by atoms with E-state index in [9.17, 15) is 9.59 Å². The van der Waals surface area contributed by atoms with E-state index in [-0.39, 0.29) is 18.2 Å². The van der Waals surface area contributed by atoms with Crippen LogP contribution in [0.4, 0.5) is 0 Å². The van der Waals surface area contributed by atoms with Gasteiger partial charge in [-0.05, 0) is 29.8 Å². The van der Waals surface area contributed by atoms with Crippen LogP contribution in [0.5, 0.6) is 0 Å². The molecule has 1 aliphatic rings. The molecular weight excluding hydrogens is 368 g/mol. The summed E-state index contributed by atoms with van der Waals surface area (Å²) in [5.74, 6) is 1.65. The molecule has 132 valence electrons. The zero-order valence-electron chi connectivity index (χ0n) is 13.8. The second-order valence-corrected chi connectivity index (χ2v) is 8.57. The molecule has 0 saturated carbocycles. The molecule has 1 aliphatic heterocycles. The third-order valence-corrected chi connectivity index (χ3v) is 7.18. The molecule has 0 spiro atoms. The van der Waals surface area contributed by atoms with E-state index in [1.54, 1.807) is 24.3 Å². The van der Waals surface area contributed by atoms with Crippen LogP contribution in [-0.2, 0) is 4.74 Å². The highest BCUT2D eigenvalue weighted by Crippen LogP contribution is 2.45. The summed E-state index contributed by atoms with van der Waals surface area (Å²) in [6.45, 7) is -0.339. The quantitative estimate of drug-likeness (QED) is 0.458. The summed E-state index contributed by atoms with van der Waals surface area (Å²) >= 11 is 3.83. The van der Waals surface area contributed by atoms with Crippen LogP contribution in [0.1, 0.15) is 31.1 Å². The number of ketones is 1. The van der Waals surface area contributed by atoms with Gasteiger partial charge in [0, 0.05) is 16.9 Å². The second-order valence-electron chi connectivity index (χ2n) is 5.84. The van der Waals surface area contributed by atoms with Gasteiger partial charge in [0.2, 0.25) is 5.78 Å². The monoisotopic (exact) mass is 384 g/mol. The fourth-order valence-corrected chi connectivity index (χ4v) is 5.59. The number of carbonyl (C=O) groups is 2. The lowest BCUT2D eigenvalue weighted by Gasteiger charge is -2.09. The molecule has 1 fully saturated rings. The predicted octanol–water partition coefficient (Wildman–Crippen LogP) is 4.95. The lowest BCUT2D eigenvalue weighted by molar-refractivity contribution is 0.0468. The Morgan fingerprint density at radius 3 is 2.50 bits per heavy atom. The number of carbonyl (C=O) groups excluding carboxylic acids is 2. The minimum Gasteiger partial charge on any atom is -0.454 e. The van der Waals surface area contributed by atoms with Gasteiger partial charge in [0.25, 0.3) is 0 Å². The number of para-hydroxylation sites is 1. The highest BCUT2D eigenvalue weighted by molar-refractivity contribution is 8.19. The maximum atomic E-state index is 12.2. The molecule has 26 heavy (non-hydrogen) atoms. The van der Waals surface area contributed by atoms with E-state index >= 15 is 0 Å².